The summed E-state index contributed by atoms with van der Waals surface area (Å²) >= 11 is 0. The SMILES string of the molecule is Cc1c(N)ccc(-c2cnn(CC3CC3)c2)c1F. The van der Waals surface area contributed by atoms with Crippen LogP contribution in [0.3, 0.4) is 0 Å². The van der Waals surface area contributed by atoms with Crippen LogP contribution in [0, 0.1) is 18.7 Å². The fourth-order valence-corrected chi connectivity index (χ4v) is 2.09. The second-order valence-electron chi connectivity index (χ2n) is 5.04. The third kappa shape index (κ3) is 1.98. The number of nitrogen functional groups attached to an aromatic ring is 1. The smallest absolute Gasteiger partial charge is 0.136 e. The lowest BCUT2D eigenvalue weighted by Gasteiger charge is -2.06. The molecule has 1 saturated carbocycles. The van der Waals surface area contributed by atoms with Gasteiger partial charge >= 0.3 is 0 Å². The minimum atomic E-state index is -0.249. The van der Waals surface area contributed by atoms with Crippen molar-refractivity contribution in [1.29, 1.82) is 0 Å². The molecule has 0 bridgehead atoms. The van der Waals surface area contributed by atoms with Gasteiger partial charge in [-0.3, -0.25) is 4.68 Å². The molecule has 94 valence electrons. The van der Waals surface area contributed by atoms with Crippen LogP contribution in [0.25, 0.3) is 11.1 Å². The first kappa shape index (κ1) is 11.3. The van der Waals surface area contributed by atoms with Crippen molar-refractivity contribution < 1.29 is 4.39 Å². The summed E-state index contributed by atoms with van der Waals surface area (Å²) in [6.07, 6.45) is 6.19. The second kappa shape index (κ2) is 4.12. The van der Waals surface area contributed by atoms with Crippen LogP contribution in [0.4, 0.5) is 10.1 Å². The largest absolute Gasteiger partial charge is 0.398 e. The Hall–Kier alpha value is -1.84. The highest BCUT2D eigenvalue weighted by Gasteiger charge is 2.22. The van der Waals surface area contributed by atoms with Gasteiger partial charge in [-0.2, -0.15) is 5.10 Å². The van der Waals surface area contributed by atoms with E-state index in [9.17, 15) is 4.39 Å². The van der Waals surface area contributed by atoms with Crippen LogP contribution in [0.1, 0.15) is 18.4 Å². The number of halogens is 1. The Morgan fingerprint density at radius 2 is 2.22 bits per heavy atom. The minimum Gasteiger partial charge on any atom is -0.398 e. The summed E-state index contributed by atoms with van der Waals surface area (Å²) in [4.78, 5) is 0. The lowest BCUT2D eigenvalue weighted by Crippen LogP contribution is -1.99. The van der Waals surface area contributed by atoms with Gasteiger partial charge in [-0.05, 0) is 37.8 Å². The Balaban J connectivity index is 1.93. The third-order valence-electron chi connectivity index (χ3n) is 3.51. The van der Waals surface area contributed by atoms with Crippen LogP contribution in [0.2, 0.25) is 0 Å². The fraction of sp³-hybridized carbons (Fsp3) is 0.357. The molecule has 2 aromatic rings. The van der Waals surface area contributed by atoms with E-state index >= 15 is 0 Å². The molecule has 1 aromatic carbocycles. The van der Waals surface area contributed by atoms with E-state index in [-0.39, 0.29) is 5.82 Å². The Kier molecular flexibility index (Phi) is 2.58. The maximum atomic E-state index is 14.1. The van der Waals surface area contributed by atoms with Crippen molar-refractivity contribution in [3.05, 3.63) is 35.9 Å². The van der Waals surface area contributed by atoms with Gasteiger partial charge in [0.25, 0.3) is 0 Å². The number of rotatable bonds is 3. The molecular formula is C14H16FN3. The Labute approximate surface area is 105 Å². The van der Waals surface area contributed by atoms with Crippen molar-refractivity contribution in [1.82, 2.24) is 9.78 Å². The van der Waals surface area contributed by atoms with Crippen LogP contribution >= 0.6 is 0 Å². The van der Waals surface area contributed by atoms with Gasteiger partial charge in [-0.1, -0.05) is 0 Å². The quantitative estimate of drug-likeness (QED) is 0.845. The lowest BCUT2D eigenvalue weighted by molar-refractivity contribution is 0.563. The van der Waals surface area contributed by atoms with Gasteiger partial charge in [-0.25, -0.2) is 4.39 Å². The normalized spacial score (nSPS) is 15.0. The van der Waals surface area contributed by atoms with Crippen molar-refractivity contribution in [2.24, 2.45) is 5.92 Å². The summed E-state index contributed by atoms with van der Waals surface area (Å²) in [6, 6.07) is 3.46. The number of aromatic nitrogens is 2. The van der Waals surface area contributed by atoms with Gasteiger partial charge in [0, 0.05) is 35.1 Å². The predicted octanol–water partition coefficient (Wildman–Crippen LogP) is 2.99. The molecule has 0 amide bonds. The van der Waals surface area contributed by atoms with E-state index in [0.717, 1.165) is 18.0 Å². The average molecular weight is 245 g/mol. The van der Waals surface area contributed by atoms with E-state index in [2.05, 4.69) is 5.10 Å². The average Bonchev–Trinajstić information content (AvgIpc) is 3.04. The van der Waals surface area contributed by atoms with Crippen molar-refractivity contribution in [2.45, 2.75) is 26.3 Å². The van der Waals surface area contributed by atoms with Gasteiger partial charge in [0.2, 0.25) is 0 Å². The van der Waals surface area contributed by atoms with Crippen LogP contribution in [-0.4, -0.2) is 9.78 Å². The Bertz CT molecular complexity index is 585. The lowest BCUT2D eigenvalue weighted by atomic mass is 10.0. The molecule has 3 nitrogen and oxygen atoms in total. The molecule has 18 heavy (non-hydrogen) atoms. The van der Waals surface area contributed by atoms with Crippen LogP contribution < -0.4 is 5.73 Å². The molecule has 1 heterocycles. The maximum absolute atomic E-state index is 14.1. The zero-order chi connectivity index (χ0) is 12.7. The predicted molar refractivity (Wildman–Crippen MR) is 69.5 cm³/mol. The highest BCUT2D eigenvalue weighted by atomic mass is 19.1. The molecule has 0 unspecified atom stereocenters. The van der Waals surface area contributed by atoms with Gasteiger partial charge in [0.15, 0.2) is 0 Å². The highest BCUT2D eigenvalue weighted by molar-refractivity contribution is 5.67. The zero-order valence-electron chi connectivity index (χ0n) is 10.4. The second-order valence-corrected chi connectivity index (χ2v) is 5.04. The molecule has 1 aromatic heterocycles. The first-order chi connectivity index (χ1) is 8.65. The maximum Gasteiger partial charge on any atom is 0.136 e. The molecule has 1 aliphatic rings. The minimum absolute atomic E-state index is 0.249. The van der Waals surface area contributed by atoms with Crippen molar-refractivity contribution >= 4 is 5.69 Å². The standard InChI is InChI=1S/C14H16FN3/c1-9-13(16)5-4-12(14(9)15)11-6-17-18(8-11)7-10-2-3-10/h4-6,8,10H,2-3,7,16H2,1H3. The van der Waals surface area contributed by atoms with Crippen molar-refractivity contribution in [3.63, 3.8) is 0 Å². The molecule has 0 spiro atoms. The summed E-state index contributed by atoms with van der Waals surface area (Å²) < 4.78 is 16.0. The first-order valence-electron chi connectivity index (χ1n) is 6.22. The number of hydrogen-bond donors (Lipinski definition) is 1. The number of nitrogens with zero attached hydrogens (tertiary/aromatic N) is 2. The van der Waals surface area contributed by atoms with E-state index < -0.39 is 0 Å². The summed E-state index contributed by atoms with van der Waals surface area (Å²) in [5, 5.41) is 4.28. The topological polar surface area (TPSA) is 43.8 Å². The molecule has 4 heteroatoms. The molecule has 0 aliphatic heterocycles. The van der Waals surface area contributed by atoms with Gasteiger partial charge in [-0.15, -0.1) is 0 Å². The van der Waals surface area contributed by atoms with Gasteiger partial charge in [0.1, 0.15) is 5.82 Å². The van der Waals surface area contributed by atoms with Crippen LogP contribution in [0.15, 0.2) is 24.5 Å². The van der Waals surface area contributed by atoms with Crippen molar-refractivity contribution in [3.8, 4) is 11.1 Å². The number of hydrogen-bond acceptors (Lipinski definition) is 2. The molecule has 1 aliphatic carbocycles. The Morgan fingerprint density at radius 1 is 1.44 bits per heavy atom. The summed E-state index contributed by atoms with van der Waals surface area (Å²) in [7, 11) is 0. The highest BCUT2D eigenvalue weighted by Crippen LogP contribution is 2.32. The van der Waals surface area contributed by atoms with E-state index in [1.807, 2.05) is 10.9 Å². The zero-order valence-corrected chi connectivity index (χ0v) is 10.4. The Morgan fingerprint density at radius 3 is 2.94 bits per heavy atom. The molecule has 1 fully saturated rings. The molecule has 3 rings (SSSR count). The monoisotopic (exact) mass is 245 g/mol. The number of benzene rings is 1. The van der Waals surface area contributed by atoms with E-state index in [1.54, 1.807) is 25.3 Å². The molecule has 0 atom stereocenters. The first-order valence-corrected chi connectivity index (χ1v) is 6.22. The van der Waals surface area contributed by atoms with Gasteiger partial charge in [0.05, 0.1) is 6.20 Å². The van der Waals surface area contributed by atoms with Crippen LogP contribution in [-0.2, 0) is 6.54 Å². The van der Waals surface area contributed by atoms with E-state index in [0.29, 0.717) is 16.8 Å². The van der Waals surface area contributed by atoms with Crippen molar-refractivity contribution in [2.75, 3.05) is 5.73 Å². The molecule has 0 saturated heterocycles. The number of anilines is 1. The summed E-state index contributed by atoms with van der Waals surface area (Å²) in [5.74, 6) is 0.511. The molecule has 2 N–H and O–H groups in total. The summed E-state index contributed by atoms with van der Waals surface area (Å²) in [6.45, 7) is 2.64. The van der Waals surface area contributed by atoms with E-state index in [4.69, 9.17) is 5.73 Å². The molecular weight excluding hydrogens is 229 g/mol. The molecule has 0 radical (unpaired) electrons. The summed E-state index contributed by atoms with van der Waals surface area (Å²) in [5.41, 5.74) is 8.06. The third-order valence-corrected chi connectivity index (χ3v) is 3.51. The van der Waals surface area contributed by atoms with E-state index in [1.165, 1.54) is 12.8 Å². The van der Waals surface area contributed by atoms with Crippen LogP contribution in [0.5, 0.6) is 0 Å². The van der Waals surface area contributed by atoms with Gasteiger partial charge < -0.3 is 5.73 Å². The number of nitrogens with two attached hydrogens (primary N) is 1. The fourth-order valence-electron chi connectivity index (χ4n) is 2.09.